The molecule has 0 aromatic carbocycles. The molecule has 1 unspecified atom stereocenters. The third kappa shape index (κ3) is 4.93. The van der Waals surface area contributed by atoms with Crippen LogP contribution in [0.3, 0.4) is 0 Å². The van der Waals surface area contributed by atoms with E-state index in [1.54, 1.807) is 0 Å². The van der Waals surface area contributed by atoms with Gasteiger partial charge in [0.05, 0.1) is 0 Å². The molecule has 0 fully saturated rings. The average molecular weight is 281 g/mol. The van der Waals surface area contributed by atoms with Crippen molar-refractivity contribution in [1.29, 1.82) is 0 Å². The van der Waals surface area contributed by atoms with Crippen molar-refractivity contribution >= 4 is 0 Å². The minimum absolute atomic E-state index is 0.223. The highest BCUT2D eigenvalue weighted by atomic mass is 14.4. The molecular formula is C20H40. The minimum Gasteiger partial charge on any atom is -0.0993 e. The molecule has 0 amide bonds. The topological polar surface area (TPSA) is 0 Å². The largest absolute Gasteiger partial charge is 0.0993 e. The summed E-state index contributed by atoms with van der Waals surface area (Å²) in [6, 6.07) is 0. The highest BCUT2D eigenvalue weighted by Crippen LogP contribution is 2.51. The van der Waals surface area contributed by atoms with Crippen LogP contribution in [-0.2, 0) is 0 Å². The van der Waals surface area contributed by atoms with Crippen molar-refractivity contribution in [3.8, 4) is 0 Å². The maximum Gasteiger partial charge on any atom is -0.00909 e. The lowest BCUT2D eigenvalue weighted by atomic mass is 9.59. The van der Waals surface area contributed by atoms with E-state index in [9.17, 15) is 0 Å². The molecule has 0 heteroatoms. The minimum atomic E-state index is 0.223. The van der Waals surface area contributed by atoms with Crippen LogP contribution in [0, 0.1) is 27.6 Å². The second kappa shape index (κ2) is 5.85. The van der Waals surface area contributed by atoms with Crippen LogP contribution in [0.5, 0.6) is 0 Å². The van der Waals surface area contributed by atoms with E-state index in [1.807, 2.05) is 0 Å². The predicted molar refractivity (Wildman–Crippen MR) is 94.0 cm³/mol. The quantitative estimate of drug-likeness (QED) is 0.471. The summed E-state index contributed by atoms with van der Waals surface area (Å²) in [5.74, 6) is 0.630. The number of hydrogen-bond acceptors (Lipinski definition) is 0. The second-order valence-corrected chi connectivity index (χ2v) is 10.2. The standard InChI is InChI=1S/C20H40/c1-15(2)20(12,14-17(4,5)6)16(3)13-19(10,11)18(7,8)9/h15H,3,13-14H2,1-2,4-12H3. The van der Waals surface area contributed by atoms with Crippen molar-refractivity contribution in [2.45, 2.75) is 89.0 Å². The fraction of sp³-hybridized carbons (Fsp3) is 0.900. The summed E-state index contributed by atoms with van der Waals surface area (Å²) < 4.78 is 0. The summed E-state index contributed by atoms with van der Waals surface area (Å²) in [6.45, 7) is 30.5. The van der Waals surface area contributed by atoms with Gasteiger partial charge in [-0.1, -0.05) is 88.3 Å². The number of allylic oxidation sites excluding steroid dienone is 1. The zero-order chi connectivity index (χ0) is 16.6. The van der Waals surface area contributed by atoms with Crippen molar-refractivity contribution in [1.82, 2.24) is 0 Å². The van der Waals surface area contributed by atoms with Crippen LogP contribution in [0.4, 0.5) is 0 Å². The van der Waals surface area contributed by atoms with Crippen LogP contribution < -0.4 is 0 Å². The average Bonchev–Trinajstić information content (AvgIpc) is 2.11. The monoisotopic (exact) mass is 280 g/mol. The summed E-state index contributed by atoms with van der Waals surface area (Å²) in [5.41, 5.74) is 2.57. The van der Waals surface area contributed by atoms with Crippen LogP contribution in [0.15, 0.2) is 12.2 Å². The van der Waals surface area contributed by atoms with Crippen molar-refractivity contribution < 1.29 is 0 Å². The summed E-state index contributed by atoms with van der Waals surface area (Å²) in [4.78, 5) is 0. The molecule has 0 spiro atoms. The summed E-state index contributed by atoms with van der Waals surface area (Å²) in [6.07, 6.45) is 2.32. The third-order valence-electron chi connectivity index (χ3n) is 5.67. The lowest BCUT2D eigenvalue weighted by Crippen LogP contribution is -2.36. The first-order valence-corrected chi connectivity index (χ1v) is 8.21. The summed E-state index contributed by atoms with van der Waals surface area (Å²) >= 11 is 0. The molecule has 0 bridgehead atoms. The van der Waals surface area contributed by atoms with Gasteiger partial charge in [0.1, 0.15) is 0 Å². The van der Waals surface area contributed by atoms with Crippen LogP contribution in [0.1, 0.15) is 89.0 Å². The Morgan fingerprint density at radius 3 is 1.50 bits per heavy atom. The van der Waals surface area contributed by atoms with Gasteiger partial charge in [0, 0.05) is 0 Å². The fourth-order valence-corrected chi connectivity index (χ4v) is 2.84. The summed E-state index contributed by atoms with van der Waals surface area (Å²) in [5, 5.41) is 0. The molecule has 0 aromatic heterocycles. The van der Waals surface area contributed by atoms with Gasteiger partial charge < -0.3 is 0 Å². The molecule has 0 nitrogen and oxygen atoms in total. The van der Waals surface area contributed by atoms with E-state index < -0.39 is 0 Å². The van der Waals surface area contributed by atoms with E-state index in [1.165, 1.54) is 12.0 Å². The molecule has 0 rings (SSSR count). The molecule has 1 atom stereocenters. The highest BCUT2D eigenvalue weighted by Gasteiger charge is 2.40. The first-order chi connectivity index (χ1) is 8.53. The van der Waals surface area contributed by atoms with Gasteiger partial charge in [-0.3, -0.25) is 0 Å². The Bertz CT molecular complexity index is 330. The van der Waals surface area contributed by atoms with Gasteiger partial charge in [0.2, 0.25) is 0 Å². The molecule has 0 saturated carbocycles. The predicted octanol–water partition coefficient (Wildman–Crippen LogP) is 7.10. The van der Waals surface area contributed by atoms with Gasteiger partial charge in [0.25, 0.3) is 0 Å². The second-order valence-electron chi connectivity index (χ2n) is 10.2. The molecule has 0 N–H and O–H groups in total. The van der Waals surface area contributed by atoms with E-state index in [0.717, 1.165) is 6.42 Å². The van der Waals surface area contributed by atoms with E-state index in [2.05, 4.69) is 82.7 Å². The lowest BCUT2D eigenvalue weighted by Gasteiger charge is -2.46. The Morgan fingerprint density at radius 1 is 0.850 bits per heavy atom. The van der Waals surface area contributed by atoms with Gasteiger partial charge in [-0.05, 0) is 40.4 Å². The molecule has 0 aliphatic carbocycles. The van der Waals surface area contributed by atoms with E-state index in [-0.39, 0.29) is 10.8 Å². The zero-order valence-electron chi connectivity index (χ0n) is 16.2. The molecule has 0 aliphatic heterocycles. The molecule has 0 aliphatic rings. The van der Waals surface area contributed by atoms with E-state index >= 15 is 0 Å². The smallest absolute Gasteiger partial charge is 0.00909 e. The van der Waals surface area contributed by atoms with E-state index in [0.29, 0.717) is 16.7 Å². The van der Waals surface area contributed by atoms with Crippen LogP contribution in [0.2, 0.25) is 0 Å². The molecule has 20 heavy (non-hydrogen) atoms. The van der Waals surface area contributed by atoms with Crippen molar-refractivity contribution in [3.05, 3.63) is 12.2 Å². The van der Waals surface area contributed by atoms with Crippen molar-refractivity contribution in [3.63, 3.8) is 0 Å². The molecule has 0 heterocycles. The van der Waals surface area contributed by atoms with Crippen molar-refractivity contribution in [2.24, 2.45) is 27.6 Å². The Kier molecular flexibility index (Phi) is 5.78. The molecule has 0 saturated heterocycles. The van der Waals surface area contributed by atoms with Crippen LogP contribution in [0.25, 0.3) is 0 Å². The Balaban J connectivity index is 5.30. The van der Waals surface area contributed by atoms with Crippen LogP contribution >= 0.6 is 0 Å². The van der Waals surface area contributed by atoms with Gasteiger partial charge in [-0.15, -0.1) is 0 Å². The molecule has 0 aromatic rings. The third-order valence-corrected chi connectivity index (χ3v) is 5.67. The lowest BCUT2D eigenvalue weighted by molar-refractivity contribution is 0.103. The Hall–Kier alpha value is -0.260. The van der Waals surface area contributed by atoms with Gasteiger partial charge >= 0.3 is 0 Å². The maximum atomic E-state index is 4.53. The van der Waals surface area contributed by atoms with Gasteiger partial charge in [0.15, 0.2) is 0 Å². The van der Waals surface area contributed by atoms with Gasteiger partial charge in [-0.2, -0.15) is 0 Å². The normalized spacial score (nSPS) is 17.2. The maximum absolute atomic E-state index is 4.53. The fourth-order valence-electron chi connectivity index (χ4n) is 2.84. The first-order valence-electron chi connectivity index (χ1n) is 8.21. The zero-order valence-corrected chi connectivity index (χ0v) is 16.2. The Morgan fingerprint density at radius 2 is 1.25 bits per heavy atom. The highest BCUT2D eigenvalue weighted by molar-refractivity contribution is 5.14. The number of rotatable bonds is 5. The van der Waals surface area contributed by atoms with Crippen LogP contribution in [-0.4, -0.2) is 0 Å². The SMILES string of the molecule is C=C(CC(C)(C)C(C)(C)C)C(C)(CC(C)(C)C)C(C)C. The van der Waals surface area contributed by atoms with Crippen molar-refractivity contribution in [2.75, 3.05) is 0 Å². The Labute approximate surface area is 129 Å². The van der Waals surface area contributed by atoms with E-state index in [4.69, 9.17) is 0 Å². The molecular weight excluding hydrogens is 240 g/mol. The summed E-state index contributed by atoms with van der Waals surface area (Å²) in [7, 11) is 0. The van der Waals surface area contributed by atoms with Gasteiger partial charge in [-0.25, -0.2) is 0 Å². The molecule has 120 valence electrons. The first kappa shape index (κ1) is 19.7. The molecule has 0 radical (unpaired) electrons. The number of hydrogen-bond donors (Lipinski definition) is 0.